The molecule has 10 heavy (non-hydrogen) atoms. The molecular formula is C5H7F3O2. The van der Waals surface area contributed by atoms with Crippen LogP contribution in [0.2, 0.25) is 0 Å². The van der Waals surface area contributed by atoms with Gasteiger partial charge in [-0.05, 0) is 0 Å². The highest BCUT2D eigenvalue weighted by Gasteiger charge is 2.38. The van der Waals surface area contributed by atoms with E-state index in [1.807, 2.05) is 0 Å². The number of rotatable bonds is 0. The zero-order valence-electron chi connectivity index (χ0n) is 5.11. The third-order valence-corrected chi connectivity index (χ3v) is 0.596. The van der Waals surface area contributed by atoms with E-state index in [1.165, 1.54) is 19.3 Å². The Balaban J connectivity index is 0.000000219. The number of carbonyl (C=O) groups is 1. The molecule has 1 rings (SSSR count). The van der Waals surface area contributed by atoms with Crippen molar-refractivity contribution in [1.82, 2.24) is 0 Å². The van der Waals surface area contributed by atoms with Gasteiger partial charge in [-0.2, -0.15) is 13.2 Å². The lowest BCUT2D eigenvalue weighted by atomic mass is 10.7. The fourth-order valence-electron chi connectivity index (χ4n) is 0. The largest absolute Gasteiger partial charge is 0.490 e. The molecule has 0 atom stereocenters. The van der Waals surface area contributed by atoms with Gasteiger partial charge in [0, 0.05) is 0 Å². The number of hydrogen-bond donors (Lipinski definition) is 1. The Labute approximate surface area is 55.7 Å². The van der Waals surface area contributed by atoms with Crippen LogP contribution in [0.25, 0.3) is 0 Å². The van der Waals surface area contributed by atoms with Gasteiger partial charge in [-0.15, -0.1) is 0 Å². The van der Waals surface area contributed by atoms with Crippen LogP contribution in [-0.2, 0) is 4.79 Å². The summed E-state index contributed by atoms with van der Waals surface area (Å²) in [7, 11) is 0. The van der Waals surface area contributed by atoms with Gasteiger partial charge < -0.3 is 5.11 Å². The second kappa shape index (κ2) is 3.43. The molecular weight excluding hydrogens is 149 g/mol. The van der Waals surface area contributed by atoms with E-state index < -0.39 is 12.1 Å². The van der Waals surface area contributed by atoms with Crippen LogP contribution >= 0.6 is 0 Å². The standard InChI is InChI=1S/C3H6.C2HF3O2/c1-2-3-1;3-2(4,5)1(6)7/h1-3H2;(H,6,7). The Kier molecular flexibility index (Phi) is 3.18. The number of aliphatic carboxylic acids is 1. The van der Waals surface area contributed by atoms with E-state index in [4.69, 9.17) is 9.90 Å². The highest BCUT2D eigenvalue weighted by Crippen LogP contribution is 2.14. The molecule has 0 saturated heterocycles. The van der Waals surface area contributed by atoms with Crippen molar-refractivity contribution in [2.24, 2.45) is 0 Å². The van der Waals surface area contributed by atoms with E-state index in [9.17, 15) is 13.2 Å². The van der Waals surface area contributed by atoms with E-state index in [1.54, 1.807) is 0 Å². The summed E-state index contributed by atoms with van der Waals surface area (Å²) in [5, 5.41) is 7.12. The fourth-order valence-corrected chi connectivity index (χ4v) is 0. The van der Waals surface area contributed by atoms with Gasteiger partial charge >= 0.3 is 12.1 Å². The molecule has 0 aromatic carbocycles. The molecule has 0 aromatic rings. The molecule has 0 heterocycles. The number of hydrogen-bond acceptors (Lipinski definition) is 1. The normalized spacial score (nSPS) is 15.1. The monoisotopic (exact) mass is 156 g/mol. The maximum atomic E-state index is 10.6. The smallest absolute Gasteiger partial charge is 0.475 e. The van der Waals surface area contributed by atoms with Crippen LogP contribution < -0.4 is 0 Å². The Hall–Kier alpha value is -0.740. The van der Waals surface area contributed by atoms with Gasteiger partial charge in [0.2, 0.25) is 0 Å². The SMILES string of the molecule is C1CC1.O=C(O)C(F)(F)F. The van der Waals surface area contributed by atoms with E-state index in [2.05, 4.69) is 0 Å². The molecule has 1 fully saturated rings. The first kappa shape index (κ1) is 9.26. The van der Waals surface area contributed by atoms with Crippen molar-refractivity contribution in [3.8, 4) is 0 Å². The number of carboxylic acid groups (broad SMARTS) is 1. The summed E-state index contributed by atoms with van der Waals surface area (Å²) in [6.07, 6.45) is -0.583. The lowest BCUT2D eigenvalue weighted by Gasteiger charge is -1.93. The minimum atomic E-state index is -5.08. The molecule has 1 saturated carbocycles. The molecule has 0 aliphatic heterocycles. The minimum absolute atomic E-state index is 1.50. The van der Waals surface area contributed by atoms with Crippen LogP contribution in [0.1, 0.15) is 19.3 Å². The molecule has 0 aromatic heterocycles. The Morgan fingerprint density at radius 3 is 1.40 bits per heavy atom. The maximum Gasteiger partial charge on any atom is 0.490 e. The summed E-state index contributed by atoms with van der Waals surface area (Å²) >= 11 is 0. The molecule has 0 radical (unpaired) electrons. The first-order valence-electron chi connectivity index (χ1n) is 2.74. The number of carboxylic acids is 1. The Morgan fingerprint density at radius 1 is 1.20 bits per heavy atom. The number of halogens is 3. The van der Waals surface area contributed by atoms with Gasteiger partial charge in [-0.25, -0.2) is 4.79 Å². The van der Waals surface area contributed by atoms with E-state index in [-0.39, 0.29) is 0 Å². The summed E-state index contributed by atoms with van der Waals surface area (Å²) in [5.41, 5.74) is 0. The quantitative estimate of drug-likeness (QED) is 0.580. The first-order chi connectivity index (χ1) is 4.44. The highest BCUT2D eigenvalue weighted by molar-refractivity contribution is 5.73. The van der Waals surface area contributed by atoms with E-state index >= 15 is 0 Å². The van der Waals surface area contributed by atoms with Crippen molar-refractivity contribution in [1.29, 1.82) is 0 Å². The zero-order chi connectivity index (χ0) is 8.20. The third kappa shape index (κ3) is 7.26. The molecule has 60 valence electrons. The average Bonchev–Trinajstić information content (AvgIpc) is 2.42. The zero-order valence-corrected chi connectivity index (χ0v) is 5.11. The average molecular weight is 156 g/mol. The lowest BCUT2D eigenvalue weighted by Crippen LogP contribution is -2.21. The molecule has 0 unspecified atom stereocenters. The highest BCUT2D eigenvalue weighted by atomic mass is 19.4. The minimum Gasteiger partial charge on any atom is -0.475 e. The van der Waals surface area contributed by atoms with Crippen LogP contribution in [0, 0.1) is 0 Å². The summed E-state index contributed by atoms with van der Waals surface area (Å²) in [5.74, 6) is -2.76. The Morgan fingerprint density at radius 2 is 1.40 bits per heavy atom. The summed E-state index contributed by atoms with van der Waals surface area (Å²) in [4.78, 5) is 8.90. The summed E-state index contributed by atoms with van der Waals surface area (Å²) in [6.45, 7) is 0. The van der Waals surface area contributed by atoms with Gasteiger partial charge in [0.05, 0.1) is 0 Å². The molecule has 0 bridgehead atoms. The topological polar surface area (TPSA) is 37.3 Å². The second-order valence-corrected chi connectivity index (χ2v) is 1.86. The predicted molar refractivity (Wildman–Crippen MR) is 27.5 cm³/mol. The van der Waals surface area contributed by atoms with Crippen LogP contribution in [0.5, 0.6) is 0 Å². The summed E-state index contributed by atoms with van der Waals surface area (Å²) < 4.78 is 31.7. The van der Waals surface area contributed by atoms with Gasteiger partial charge in [-0.1, -0.05) is 19.3 Å². The first-order valence-corrected chi connectivity index (χ1v) is 2.74. The fraction of sp³-hybridized carbons (Fsp3) is 0.800. The molecule has 0 amide bonds. The van der Waals surface area contributed by atoms with Gasteiger partial charge in [0.1, 0.15) is 0 Å². The number of alkyl halides is 3. The van der Waals surface area contributed by atoms with Crippen molar-refractivity contribution >= 4 is 5.97 Å². The Bertz CT molecular complexity index is 114. The molecule has 5 heteroatoms. The van der Waals surface area contributed by atoms with Crippen LogP contribution in [0.4, 0.5) is 13.2 Å². The van der Waals surface area contributed by atoms with Crippen molar-refractivity contribution in [2.45, 2.75) is 25.4 Å². The van der Waals surface area contributed by atoms with Gasteiger partial charge in [0.15, 0.2) is 0 Å². The van der Waals surface area contributed by atoms with Crippen molar-refractivity contribution in [3.63, 3.8) is 0 Å². The van der Waals surface area contributed by atoms with Crippen molar-refractivity contribution in [2.75, 3.05) is 0 Å². The van der Waals surface area contributed by atoms with Crippen molar-refractivity contribution in [3.05, 3.63) is 0 Å². The van der Waals surface area contributed by atoms with Crippen LogP contribution in [0.15, 0.2) is 0 Å². The molecule has 1 N–H and O–H groups in total. The van der Waals surface area contributed by atoms with Crippen LogP contribution in [-0.4, -0.2) is 17.3 Å². The maximum absolute atomic E-state index is 10.6. The second-order valence-electron chi connectivity index (χ2n) is 1.86. The van der Waals surface area contributed by atoms with Gasteiger partial charge in [-0.3, -0.25) is 0 Å². The van der Waals surface area contributed by atoms with Crippen LogP contribution in [0.3, 0.4) is 0 Å². The molecule has 1 aliphatic carbocycles. The molecule has 2 nitrogen and oxygen atoms in total. The van der Waals surface area contributed by atoms with E-state index in [0.717, 1.165) is 0 Å². The van der Waals surface area contributed by atoms with E-state index in [0.29, 0.717) is 0 Å². The molecule has 0 spiro atoms. The van der Waals surface area contributed by atoms with Crippen molar-refractivity contribution < 1.29 is 23.1 Å². The lowest BCUT2D eigenvalue weighted by molar-refractivity contribution is -0.192. The summed E-state index contributed by atoms with van der Waals surface area (Å²) in [6, 6.07) is 0. The van der Waals surface area contributed by atoms with Gasteiger partial charge in [0.25, 0.3) is 0 Å². The third-order valence-electron chi connectivity index (χ3n) is 0.596. The molecule has 1 aliphatic rings. The predicted octanol–water partition coefficient (Wildman–Crippen LogP) is 1.80.